The molecule has 0 aliphatic carbocycles. The van der Waals surface area contributed by atoms with Gasteiger partial charge in [-0.25, -0.2) is 0 Å². The minimum atomic E-state index is 0.522. The van der Waals surface area contributed by atoms with E-state index in [0.717, 1.165) is 31.7 Å². The van der Waals surface area contributed by atoms with Crippen molar-refractivity contribution in [3.8, 4) is 6.07 Å². The average molecular weight is 162 g/mol. The Hall–Kier alpha value is -1.34. The number of nitrogens with zero attached hydrogens (tertiary/aromatic N) is 3. The molecule has 0 saturated heterocycles. The summed E-state index contributed by atoms with van der Waals surface area (Å²) in [6, 6.07) is 3.89. The summed E-state index contributed by atoms with van der Waals surface area (Å²) in [6.07, 6.45) is 1.08. The molecule has 2 heterocycles. The molecule has 1 aromatic rings. The van der Waals surface area contributed by atoms with Crippen LogP contribution in [0.2, 0.25) is 0 Å². The SMILES string of the molecule is N#Cc1cc2n(n1)CCCNC2. The fourth-order valence-corrected chi connectivity index (χ4v) is 1.42. The molecule has 0 saturated carbocycles. The second kappa shape index (κ2) is 2.95. The van der Waals surface area contributed by atoms with Crippen molar-refractivity contribution >= 4 is 0 Å². The van der Waals surface area contributed by atoms with Crippen molar-refractivity contribution in [1.29, 1.82) is 5.26 Å². The van der Waals surface area contributed by atoms with Crippen LogP contribution in [0.15, 0.2) is 6.07 Å². The number of rotatable bonds is 0. The highest BCUT2D eigenvalue weighted by atomic mass is 15.3. The van der Waals surface area contributed by atoms with Crippen molar-refractivity contribution in [3.05, 3.63) is 17.5 Å². The van der Waals surface area contributed by atoms with E-state index in [9.17, 15) is 0 Å². The first-order valence-electron chi connectivity index (χ1n) is 4.08. The molecule has 4 nitrogen and oxygen atoms in total. The minimum Gasteiger partial charge on any atom is -0.311 e. The number of aromatic nitrogens is 2. The third-order valence-corrected chi connectivity index (χ3v) is 2.01. The Morgan fingerprint density at radius 2 is 2.58 bits per heavy atom. The molecule has 2 rings (SSSR count). The first-order chi connectivity index (χ1) is 5.90. The zero-order valence-corrected chi connectivity index (χ0v) is 6.75. The van der Waals surface area contributed by atoms with Gasteiger partial charge >= 0.3 is 0 Å². The molecule has 1 aromatic heterocycles. The normalized spacial score (nSPS) is 16.2. The zero-order chi connectivity index (χ0) is 8.39. The van der Waals surface area contributed by atoms with Crippen LogP contribution in [0.1, 0.15) is 17.8 Å². The predicted molar refractivity (Wildman–Crippen MR) is 43.3 cm³/mol. The van der Waals surface area contributed by atoms with Gasteiger partial charge in [-0.2, -0.15) is 10.4 Å². The maximum Gasteiger partial charge on any atom is 0.162 e. The summed E-state index contributed by atoms with van der Waals surface area (Å²) in [7, 11) is 0. The Bertz CT molecular complexity index is 297. The van der Waals surface area contributed by atoms with Crippen LogP contribution in [0.5, 0.6) is 0 Å². The number of nitriles is 1. The smallest absolute Gasteiger partial charge is 0.162 e. The van der Waals surface area contributed by atoms with Crippen molar-refractivity contribution in [2.45, 2.75) is 19.5 Å². The monoisotopic (exact) mass is 162 g/mol. The lowest BCUT2D eigenvalue weighted by Gasteiger charge is -1.98. The topological polar surface area (TPSA) is 53.6 Å². The van der Waals surface area contributed by atoms with Crippen molar-refractivity contribution in [2.24, 2.45) is 0 Å². The van der Waals surface area contributed by atoms with Crippen LogP contribution in [0.4, 0.5) is 0 Å². The Labute approximate surface area is 70.8 Å². The molecule has 0 amide bonds. The van der Waals surface area contributed by atoms with E-state index in [0.29, 0.717) is 5.69 Å². The lowest BCUT2D eigenvalue weighted by molar-refractivity contribution is 0.586. The molecule has 1 aliphatic heterocycles. The predicted octanol–water partition coefficient (Wildman–Crippen LogP) is 0.248. The van der Waals surface area contributed by atoms with Crippen molar-refractivity contribution in [2.75, 3.05) is 6.54 Å². The van der Waals surface area contributed by atoms with Gasteiger partial charge in [0.1, 0.15) is 6.07 Å². The zero-order valence-electron chi connectivity index (χ0n) is 6.75. The molecule has 62 valence electrons. The van der Waals surface area contributed by atoms with Crippen LogP contribution < -0.4 is 5.32 Å². The van der Waals surface area contributed by atoms with E-state index >= 15 is 0 Å². The molecule has 4 heteroatoms. The fraction of sp³-hybridized carbons (Fsp3) is 0.500. The maximum absolute atomic E-state index is 8.61. The Morgan fingerprint density at radius 3 is 3.42 bits per heavy atom. The number of hydrogen-bond donors (Lipinski definition) is 1. The van der Waals surface area contributed by atoms with E-state index in [1.807, 2.05) is 16.8 Å². The second-order valence-electron chi connectivity index (χ2n) is 2.89. The summed E-state index contributed by atoms with van der Waals surface area (Å²) >= 11 is 0. The van der Waals surface area contributed by atoms with Crippen molar-refractivity contribution < 1.29 is 0 Å². The molecule has 0 fully saturated rings. The highest BCUT2D eigenvalue weighted by Crippen LogP contribution is 2.06. The van der Waals surface area contributed by atoms with E-state index in [2.05, 4.69) is 10.4 Å². The summed E-state index contributed by atoms with van der Waals surface area (Å²) in [5.74, 6) is 0. The minimum absolute atomic E-state index is 0.522. The van der Waals surface area contributed by atoms with Gasteiger partial charge in [-0.05, 0) is 19.0 Å². The van der Waals surface area contributed by atoms with Crippen LogP contribution in [0.25, 0.3) is 0 Å². The van der Waals surface area contributed by atoms with Gasteiger partial charge in [-0.3, -0.25) is 4.68 Å². The van der Waals surface area contributed by atoms with Gasteiger partial charge in [0.25, 0.3) is 0 Å². The van der Waals surface area contributed by atoms with Gasteiger partial charge in [-0.15, -0.1) is 0 Å². The Balaban J connectivity index is 2.34. The van der Waals surface area contributed by atoms with Crippen molar-refractivity contribution in [3.63, 3.8) is 0 Å². The van der Waals surface area contributed by atoms with E-state index in [1.54, 1.807) is 0 Å². The molecular formula is C8H10N4. The quantitative estimate of drug-likeness (QED) is 0.595. The lowest BCUT2D eigenvalue weighted by Crippen LogP contribution is -2.11. The molecule has 12 heavy (non-hydrogen) atoms. The number of fused-ring (bicyclic) bond motifs is 1. The summed E-state index contributed by atoms with van der Waals surface area (Å²) < 4.78 is 1.92. The van der Waals surface area contributed by atoms with Crippen LogP contribution in [0, 0.1) is 11.3 Å². The molecule has 1 aliphatic rings. The van der Waals surface area contributed by atoms with E-state index in [1.165, 1.54) is 0 Å². The van der Waals surface area contributed by atoms with E-state index in [4.69, 9.17) is 5.26 Å². The van der Waals surface area contributed by atoms with Crippen LogP contribution in [-0.2, 0) is 13.1 Å². The van der Waals surface area contributed by atoms with Gasteiger partial charge in [0.15, 0.2) is 5.69 Å². The van der Waals surface area contributed by atoms with Crippen molar-refractivity contribution in [1.82, 2.24) is 15.1 Å². The number of aryl methyl sites for hydroxylation is 1. The summed E-state index contributed by atoms with van der Waals surface area (Å²) in [4.78, 5) is 0. The van der Waals surface area contributed by atoms with E-state index < -0.39 is 0 Å². The molecule has 0 radical (unpaired) electrons. The van der Waals surface area contributed by atoms with Gasteiger partial charge < -0.3 is 5.32 Å². The van der Waals surface area contributed by atoms with Crippen LogP contribution in [-0.4, -0.2) is 16.3 Å². The molecular weight excluding hydrogens is 152 g/mol. The summed E-state index contributed by atoms with van der Waals surface area (Å²) in [5.41, 5.74) is 1.64. The van der Waals surface area contributed by atoms with E-state index in [-0.39, 0.29) is 0 Å². The van der Waals surface area contributed by atoms with Crippen LogP contribution in [0.3, 0.4) is 0 Å². The molecule has 0 aromatic carbocycles. The standard InChI is InChI=1S/C8H10N4/c9-5-7-4-8-6-10-2-1-3-12(8)11-7/h4,10H,1-3,6H2. The lowest BCUT2D eigenvalue weighted by atomic mass is 10.3. The number of nitrogens with one attached hydrogen (secondary N) is 1. The Morgan fingerprint density at radius 1 is 1.67 bits per heavy atom. The highest BCUT2D eigenvalue weighted by molar-refractivity contribution is 5.22. The first-order valence-corrected chi connectivity index (χ1v) is 4.08. The molecule has 0 atom stereocenters. The van der Waals surface area contributed by atoms with Gasteiger partial charge in [0.2, 0.25) is 0 Å². The van der Waals surface area contributed by atoms with Crippen LogP contribution >= 0.6 is 0 Å². The first kappa shape index (κ1) is 7.32. The molecule has 0 unspecified atom stereocenters. The fourth-order valence-electron chi connectivity index (χ4n) is 1.42. The average Bonchev–Trinajstić information content (AvgIpc) is 2.37. The van der Waals surface area contributed by atoms with Gasteiger partial charge in [-0.1, -0.05) is 0 Å². The summed E-state index contributed by atoms with van der Waals surface area (Å²) in [6.45, 7) is 2.78. The summed E-state index contributed by atoms with van der Waals surface area (Å²) in [5, 5.41) is 16.0. The maximum atomic E-state index is 8.61. The third kappa shape index (κ3) is 1.19. The van der Waals surface area contributed by atoms with Gasteiger partial charge in [0.05, 0.1) is 5.69 Å². The molecule has 1 N–H and O–H groups in total. The molecule has 0 spiro atoms. The number of hydrogen-bond acceptors (Lipinski definition) is 3. The molecule has 0 bridgehead atoms. The van der Waals surface area contributed by atoms with Gasteiger partial charge in [0, 0.05) is 13.1 Å². The Kier molecular flexibility index (Phi) is 1.80. The second-order valence-corrected chi connectivity index (χ2v) is 2.89. The largest absolute Gasteiger partial charge is 0.311 e. The third-order valence-electron chi connectivity index (χ3n) is 2.01. The highest BCUT2D eigenvalue weighted by Gasteiger charge is 2.09.